The highest BCUT2D eigenvalue weighted by Gasteiger charge is 2.13. The molecule has 0 fully saturated rings. The Bertz CT molecular complexity index is 655. The molecule has 2 rings (SSSR count). The fourth-order valence-electron chi connectivity index (χ4n) is 2.31. The predicted octanol–water partition coefficient (Wildman–Crippen LogP) is 4.18. The summed E-state index contributed by atoms with van der Waals surface area (Å²) in [5, 5.41) is 6.81. The molecule has 2 aromatic carbocycles. The van der Waals surface area contributed by atoms with Gasteiger partial charge in [-0.3, -0.25) is 4.79 Å². The first-order valence-electron chi connectivity index (χ1n) is 6.87. The number of rotatable bonds is 4. The number of benzene rings is 2. The number of anilines is 1. The lowest BCUT2D eigenvalue weighted by Crippen LogP contribution is -2.19. The van der Waals surface area contributed by atoms with E-state index in [2.05, 4.69) is 10.6 Å². The summed E-state index contributed by atoms with van der Waals surface area (Å²) in [7, 11) is 1.63. The van der Waals surface area contributed by atoms with E-state index in [4.69, 9.17) is 11.6 Å². The monoisotopic (exact) mass is 302 g/mol. The average Bonchev–Trinajstić information content (AvgIpc) is 2.49. The minimum atomic E-state index is -0.0819. The minimum Gasteiger partial charge on any atom is -0.378 e. The van der Waals surface area contributed by atoms with Gasteiger partial charge in [0.25, 0.3) is 5.91 Å². The molecule has 0 radical (unpaired) electrons. The van der Waals surface area contributed by atoms with E-state index in [9.17, 15) is 4.79 Å². The van der Waals surface area contributed by atoms with Crippen molar-refractivity contribution in [3.8, 4) is 0 Å². The summed E-state index contributed by atoms with van der Waals surface area (Å²) in [6, 6.07) is 13.5. The smallest absolute Gasteiger partial charge is 0.251 e. The number of carbonyl (C=O) groups excluding carboxylic acids is 1. The van der Waals surface area contributed by atoms with E-state index in [-0.39, 0.29) is 11.9 Å². The third-order valence-corrected chi connectivity index (χ3v) is 3.89. The van der Waals surface area contributed by atoms with Crippen LogP contribution in [0.4, 0.5) is 5.69 Å². The first-order valence-corrected chi connectivity index (χ1v) is 7.25. The molecule has 0 saturated heterocycles. The van der Waals surface area contributed by atoms with Crippen LogP contribution in [-0.2, 0) is 0 Å². The van der Waals surface area contributed by atoms with E-state index in [0.29, 0.717) is 5.56 Å². The predicted molar refractivity (Wildman–Crippen MR) is 88.1 cm³/mol. The van der Waals surface area contributed by atoms with Crippen LogP contribution in [-0.4, -0.2) is 13.0 Å². The third kappa shape index (κ3) is 3.37. The Morgan fingerprint density at radius 3 is 2.52 bits per heavy atom. The number of halogens is 1. The lowest BCUT2D eigenvalue weighted by atomic mass is 10.0. The number of hydrogen-bond acceptors (Lipinski definition) is 2. The zero-order chi connectivity index (χ0) is 15.4. The van der Waals surface area contributed by atoms with Crippen molar-refractivity contribution in [2.45, 2.75) is 19.9 Å². The van der Waals surface area contributed by atoms with Crippen molar-refractivity contribution in [3.63, 3.8) is 0 Å². The van der Waals surface area contributed by atoms with Crippen LogP contribution < -0.4 is 10.6 Å². The molecule has 4 heteroatoms. The van der Waals surface area contributed by atoms with Gasteiger partial charge in [-0.05, 0) is 43.2 Å². The molecule has 1 atom stereocenters. The molecule has 2 aromatic rings. The van der Waals surface area contributed by atoms with Gasteiger partial charge in [0, 0.05) is 29.4 Å². The summed E-state index contributed by atoms with van der Waals surface area (Å²) >= 11 is 6.23. The molecule has 3 nitrogen and oxygen atoms in total. The third-order valence-electron chi connectivity index (χ3n) is 3.55. The molecule has 0 aliphatic rings. The van der Waals surface area contributed by atoms with E-state index in [1.807, 2.05) is 56.3 Å². The number of carbonyl (C=O) groups is 1. The maximum absolute atomic E-state index is 11.8. The molecule has 1 amide bonds. The molecule has 110 valence electrons. The SMILES string of the molecule is CNC(=O)c1cccc(NC(C)c2ccccc2Cl)c1C. The summed E-state index contributed by atoms with van der Waals surface area (Å²) in [6.07, 6.45) is 0. The topological polar surface area (TPSA) is 41.1 Å². The van der Waals surface area contributed by atoms with Gasteiger partial charge < -0.3 is 10.6 Å². The van der Waals surface area contributed by atoms with Gasteiger partial charge in [-0.25, -0.2) is 0 Å². The van der Waals surface area contributed by atoms with Crippen molar-refractivity contribution in [2.75, 3.05) is 12.4 Å². The van der Waals surface area contributed by atoms with Gasteiger partial charge >= 0.3 is 0 Å². The largest absolute Gasteiger partial charge is 0.378 e. The van der Waals surface area contributed by atoms with Gasteiger partial charge in [-0.2, -0.15) is 0 Å². The molecule has 2 N–H and O–H groups in total. The van der Waals surface area contributed by atoms with Crippen LogP contribution in [0, 0.1) is 6.92 Å². The summed E-state index contributed by atoms with van der Waals surface area (Å²) in [6.45, 7) is 3.99. The van der Waals surface area contributed by atoms with Crippen LogP contribution in [0.15, 0.2) is 42.5 Å². The molecular formula is C17H19ClN2O. The Morgan fingerprint density at radius 2 is 1.86 bits per heavy atom. The number of nitrogens with one attached hydrogen (secondary N) is 2. The fraction of sp³-hybridized carbons (Fsp3) is 0.235. The van der Waals surface area contributed by atoms with Crippen molar-refractivity contribution in [2.24, 2.45) is 0 Å². The number of amides is 1. The molecule has 0 spiro atoms. The fourth-order valence-corrected chi connectivity index (χ4v) is 2.61. The quantitative estimate of drug-likeness (QED) is 0.889. The molecular weight excluding hydrogens is 284 g/mol. The van der Waals surface area contributed by atoms with Crippen LogP contribution in [0.5, 0.6) is 0 Å². The normalized spacial score (nSPS) is 11.8. The van der Waals surface area contributed by atoms with E-state index < -0.39 is 0 Å². The highest BCUT2D eigenvalue weighted by Crippen LogP contribution is 2.28. The van der Waals surface area contributed by atoms with Crippen molar-refractivity contribution in [1.29, 1.82) is 0 Å². The summed E-state index contributed by atoms with van der Waals surface area (Å²) in [5.74, 6) is -0.0819. The van der Waals surface area contributed by atoms with Crippen LogP contribution >= 0.6 is 11.6 Å². The molecule has 21 heavy (non-hydrogen) atoms. The molecule has 0 aliphatic carbocycles. The van der Waals surface area contributed by atoms with Gasteiger partial charge in [0.15, 0.2) is 0 Å². The van der Waals surface area contributed by atoms with Gasteiger partial charge in [0.05, 0.1) is 0 Å². The highest BCUT2D eigenvalue weighted by atomic mass is 35.5. The van der Waals surface area contributed by atoms with E-state index in [1.54, 1.807) is 7.05 Å². The second kappa shape index (κ2) is 6.64. The average molecular weight is 303 g/mol. The van der Waals surface area contributed by atoms with Crippen LogP contribution in [0.3, 0.4) is 0 Å². The van der Waals surface area contributed by atoms with Crippen LogP contribution in [0.2, 0.25) is 5.02 Å². The molecule has 0 heterocycles. The zero-order valence-corrected chi connectivity index (χ0v) is 13.2. The van der Waals surface area contributed by atoms with Crippen molar-refractivity contribution in [1.82, 2.24) is 5.32 Å². The van der Waals surface area contributed by atoms with Crippen molar-refractivity contribution in [3.05, 3.63) is 64.2 Å². The second-order valence-electron chi connectivity index (χ2n) is 4.94. The Balaban J connectivity index is 2.28. The Kier molecular flexibility index (Phi) is 4.86. The van der Waals surface area contributed by atoms with Crippen LogP contribution in [0.25, 0.3) is 0 Å². The molecule has 1 unspecified atom stereocenters. The lowest BCUT2D eigenvalue weighted by molar-refractivity contribution is 0.0962. The molecule has 0 saturated carbocycles. The van der Waals surface area contributed by atoms with Gasteiger partial charge in [-0.15, -0.1) is 0 Å². The first-order chi connectivity index (χ1) is 10.0. The van der Waals surface area contributed by atoms with E-state index in [0.717, 1.165) is 21.8 Å². The number of hydrogen-bond donors (Lipinski definition) is 2. The maximum Gasteiger partial charge on any atom is 0.251 e. The minimum absolute atomic E-state index is 0.0531. The maximum atomic E-state index is 11.8. The first kappa shape index (κ1) is 15.4. The Morgan fingerprint density at radius 1 is 1.14 bits per heavy atom. The van der Waals surface area contributed by atoms with Crippen LogP contribution in [0.1, 0.15) is 34.5 Å². The van der Waals surface area contributed by atoms with E-state index in [1.165, 1.54) is 0 Å². The van der Waals surface area contributed by atoms with Crippen molar-refractivity contribution < 1.29 is 4.79 Å². The standard InChI is InChI=1S/C17H19ClN2O/c1-11-13(17(21)19-3)8-6-10-16(11)20-12(2)14-7-4-5-9-15(14)18/h4-10,12,20H,1-3H3,(H,19,21). The second-order valence-corrected chi connectivity index (χ2v) is 5.35. The summed E-state index contributed by atoms with van der Waals surface area (Å²) in [5.41, 5.74) is 3.57. The summed E-state index contributed by atoms with van der Waals surface area (Å²) in [4.78, 5) is 11.8. The van der Waals surface area contributed by atoms with Gasteiger partial charge in [-0.1, -0.05) is 35.9 Å². The molecule has 0 aromatic heterocycles. The highest BCUT2D eigenvalue weighted by molar-refractivity contribution is 6.31. The zero-order valence-electron chi connectivity index (χ0n) is 12.4. The summed E-state index contributed by atoms with van der Waals surface area (Å²) < 4.78 is 0. The molecule has 0 aliphatic heterocycles. The Hall–Kier alpha value is -2.00. The lowest BCUT2D eigenvalue weighted by Gasteiger charge is -2.19. The van der Waals surface area contributed by atoms with E-state index >= 15 is 0 Å². The van der Waals surface area contributed by atoms with Gasteiger partial charge in [0.1, 0.15) is 0 Å². The van der Waals surface area contributed by atoms with Crippen molar-refractivity contribution >= 4 is 23.2 Å². The molecule has 0 bridgehead atoms. The Labute approximate surface area is 130 Å². The van der Waals surface area contributed by atoms with Gasteiger partial charge in [0.2, 0.25) is 0 Å².